The highest BCUT2D eigenvalue weighted by atomic mass is 127. The van der Waals surface area contributed by atoms with Gasteiger partial charge < -0.3 is 0 Å². The summed E-state index contributed by atoms with van der Waals surface area (Å²) in [6.07, 6.45) is 1.52. The predicted octanol–water partition coefficient (Wildman–Crippen LogP) is 6.22. The van der Waals surface area contributed by atoms with Crippen LogP contribution in [0, 0.1) is 0 Å². The maximum absolute atomic E-state index is 2.83. The fourth-order valence-electron chi connectivity index (χ4n) is 1.93. The standard InChI is InChI=1S/C11H26I2Si2/c1-5-14(12,6-2)10-9-11-15(13,7-3)8-4/h5-11H2,1-4H3. The van der Waals surface area contributed by atoms with E-state index in [2.05, 4.69) is 71.3 Å². The lowest BCUT2D eigenvalue weighted by Crippen LogP contribution is -2.27. The molecule has 0 aliphatic heterocycles. The van der Waals surface area contributed by atoms with E-state index in [0.29, 0.717) is 0 Å². The summed E-state index contributed by atoms with van der Waals surface area (Å²) in [6.45, 7) is 9.60. The van der Waals surface area contributed by atoms with E-state index in [1.54, 1.807) is 12.1 Å². The van der Waals surface area contributed by atoms with Gasteiger partial charge in [0.25, 0.3) is 0 Å². The van der Waals surface area contributed by atoms with Crippen molar-refractivity contribution in [1.29, 1.82) is 0 Å². The van der Waals surface area contributed by atoms with Gasteiger partial charge in [0.05, 0.1) is 0 Å². The summed E-state index contributed by atoms with van der Waals surface area (Å²) in [7, 11) is 0. The summed E-state index contributed by atoms with van der Waals surface area (Å²) in [6, 6.07) is 9.02. The van der Waals surface area contributed by atoms with Gasteiger partial charge in [0.15, 0.2) is 0 Å². The van der Waals surface area contributed by atoms with E-state index in [-0.39, 0.29) is 0 Å². The van der Waals surface area contributed by atoms with E-state index in [4.69, 9.17) is 0 Å². The summed E-state index contributed by atoms with van der Waals surface area (Å²) in [4.78, 5) is 0. The topological polar surface area (TPSA) is 0 Å². The molecule has 0 saturated carbocycles. The van der Waals surface area contributed by atoms with Gasteiger partial charge in [0.1, 0.15) is 11.1 Å². The number of hydrogen-bond acceptors (Lipinski definition) is 0. The van der Waals surface area contributed by atoms with Crippen molar-refractivity contribution in [3.05, 3.63) is 0 Å². The molecule has 92 valence electrons. The molecule has 0 aromatic carbocycles. The smallest absolute Gasteiger partial charge is 0.119 e. The average molecular weight is 468 g/mol. The Labute approximate surface area is 124 Å². The van der Waals surface area contributed by atoms with E-state index in [0.717, 1.165) is 0 Å². The fraction of sp³-hybridized carbons (Fsp3) is 1.00. The average Bonchev–Trinajstić information content (AvgIpc) is 2.28. The Morgan fingerprint density at radius 1 is 0.667 bits per heavy atom. The Morgan fingerprint density at radius 2 is 0.933 bits per heavy atom. The second-order valence-corrected chi connectivity index (χ2v) is 26.7. The van der Waals surface area contributed by atoms with Crippen LogP contribution in [0.5, 0.6) is 0 Å². The van der Waals surface area contributed by atoms with E-state index in [1.165, 1.54) is 30.6 Å². The van der Waals surface area contributed by atoms with Gasteiger partial charge >= 0.3 is 0 Å². The van der Waals surface area contributed by atoms with Gasteiger partial charge in [-0.05, 0) is 12.1 Å². The monoisotopic (exact) mass is 468 g/mol. The van der Waals surface area contributed by atoms with Gasteiger partial charge in [-0.25, -0.2) is 0 Å². The van der Waals surface area contributed by atoms with Crippen LogP contribution in [0.1, 0.15) is 34.1 Å². The number of rotatable bonds is 8. The first-order valence-electron chi connectivity index (χ1n) is 6.33. The zero-order chi connectivity index (χ0) is 11.9. The molecule has 0 N–H and O–H groups in total. The van der Waals surface area contributed by atoms with Crippen molar-refractivity contribution in [2.75, 3.05) is 0 Å². The Morgan fingerprint density at radius 3 is 1.13 bits per heavy atom. The molecule has 0 bridgehead atoms. The molecule has 0 saturated heterocycles. The van der Waals surface area contributed by atoms with Gasteiger partial charge in [-0.3, -0.25) is 0 Å². The van der Waals surface area contributed by atoms with Crippen LogP contribution in [0.2, 0.25) is 36.3 Å². The van der Waals surface area contributed by atoms with Crippen LogP contribution < -0.4 is 0 Å². The van der Waals surface area contributed by atoms with Crippen LogP contribution >= 0.6 is 43.6 Å². The van der Waals surface area contributed by atoms with Gasteiger partial charge in [0, 0.05) is 0 Å². The van der Waals surface area contributed by atoms with Crippen molar-refractivity contribution < 1.29 is 0 Å². The maximum Gasteiger partial charge on any atom is 0.125 e. The molecule has 0 aliphatic carbocycles. The number of halogens is 2. The highest BCUT2D eigenvalue weighted by Crippen LogP contribution is 2.35. The first-order valence-corrected chi connectivity index (χ1v) is 17.8. The van der Waals surface area contributed by atoms with Crippen molar-refractivity contribution in [3.8, 4) is 0 Å². The second kappa shape index (κ2) is 8.08. The van der Waals surface area contributed by atoms with Gasteiger partial charge in [-0.15, -0.1) is 43.6 Å². The van der Waals surface area contributed by atoms with Crippen LogP contribution in [0.25, 0.3) is 0 Å². The first kappa shape index (κ1) is 16.9. The zero-order valence-electron chi connectivity index (χ0n) is 10.7. The normalized spacial score (nSPS) is 13.2. The van der Waals surface area contributed by atoms with Gasteiger partial charge in [-0.2, -0.15) is 0 Å². The molecule has 0 fully saturated rings. The highest BCUT2D eigenvalue weighted by molar-refractivity contribution is 14.1. The third-order valence-corrected chi connectivity index (χ3v) is 23.7. The van der Waals surface area contributed by atoms with Crippen molar-refractivity contribution >= 4 is 54.7 Å². The third-order valence-electron chi connectivity index (χ3n) is 3.78. The molecule has 0 aliphatic rings. The van der Waals surface area contributed by atoms with Crippen LogP contribution in [0.15, 0.2) is 0 Å². The van der Waals surface area contributed by atoms with Gasteiger partial charge in [-0.1, -0.05) is 58.3 Å². The molecule has 15 heavy (non-hydrogen) atoms. The summed E-state index contributed by atoms with van der Waals surface area (Å²) in [5.41, 5.74) is -1.67. The van der Waals surface area contributed by atoms with Crippen LogP contribution in [0.4, 0.5) is 0 Å². The summed E-state index contributed by atoms with van der Waals surface area (Å²) in [5.74, 6) is 0. The molecule has 0 spiro atoms. The lowest BCUT2D eigenvalue weighted by Gasteiger charge is -2.26. The van der Waals surface area contributed by atoms with E-state index < -0.39 is 11.1 Å². The Bertz CT molecular complexity index is 148. The van der Waals surface area contributed by atoms with Crippen molar-refractivity contribution in [2.45, 2.75) is 70.4 Å². The minimum absolute atomic E-state index is 0.834. The molecule has 0 unspecified atom stereocenters. The Kier molecular flexibility index (Phi) is 9.10. The van der Waals surface area contributed by atoms with Crippen molar-refractivity contribution in [3.63, 3.8) is 0 Å². The van der Waals surface area contributed by atoms with Crippen LogP contribution in [-0.2, 0) is 0 Å². The van der Waals surface area contributed by atoms with Crippen molar-refractivity contribution in [2.24, 2.45) is 0 Å². The Balaban J connectivity index is 3.96. The SMILES string of the molecule is CC[Si](I)(CC)CCC[Si](I)(CC)CC. The fourth-order valence-corrected chi connectivity index (χ4v) is 8.61. The van der Waals surface area contributed by atoms with Crippen LogP contribution in [-0.4, -0.2) is 11.1 Å². The summed E-state index contributed by atoms with van der Waals surface area (Å²) in [5, 5.41) is 0. The minimum atomic E-state index is -0.834. The molecule has 0 aromatic heterocycles. The molecule has 4 heteroatoms. The van der Waals surface area contributed by atoms with E-state index in [9.17, 15) is 0 Å². The molecule has 0 amide bonds. The molecule has 0 radical (unpaired) electrons. The van der Waals surface area contributed by atoms with Gasteiger partial charge in [0.2, 0.25) is 0 Å². The minimum Gasteiger partial charge on any atom is -0.119 e. The maximum atomic E-state index is 2.83. The molecular formula is C11H26I2Si2. The zero-order valence-corrected chi connectivity index (χ0v) is 17.0. The second-order valence-electron chi connectivity index (χ2n) is 4.57. The highest BCUT2D eigenvalue weighted by Gasteiger charge is 2.29. The van der Waals surface area contributed by atoms with Crippen molar-refractivity contribution in [1.82, 2.24) is 0 Å². The third kappa shape index (κ3) is 6.40. The number of hydrogen-bond donors (Lipinski definition) is 0. The molecule has 0 heterocycles. The largest absolute Gasteiger partial charge is 0.125 e. The summed E-state index contributed by atoms with van der Waals surface area (Å²) < 4.78 is 0. The van der Waals surface area contributed by atoms with E-state index >= 15 is 0 Å². The lowest BCUT2D eigenvalue weighted by molar-refractivity contribution is 0.999. The molecular weight excluding hydrogens is 442 g/mol. The predicted molar refractivity (Wildman–Crippen MR) is 95.7 cm³/mol. The lowest BCUT2D eigenvalue weighted by atomic mass is 10.6. The van der Waals surface area contributed by atoms with E-state index in [1.807, 2.05) is 0 Å². The summed E-state index contributed by atoms with van der Waals surface area (Å²) >= 11 is 5.66. The Hall–Kier alpha value is 1.89. The first-order chi connectivity index (χ1) is 6.95. The molecule has 0 rings (SSSR count). The van der Waals surface area contributed by atoms with Crippen LogP contribution in [0.3, 0.4) is 0 Å². The molecule has 0 nitrogen and oxygen atoms in total. The quantitative estimate of drug-likeness (QED) is 0.226. The molecule has 0 atom stereocenters. The molecule has 0 aromatic rings.